The average Bonchev–Trinajstić information content (AvgIpc) is 2.99. The molecule has 1 unspecified atom stereocenters. The standard InChI is InChI=1S/C12H20N2O4S/c1-14(2)19(15,16)12-4-3-11(18-12)8-13-7-10-5-6-17-9-10/h3-4,10,13H,5-9H2,1-2H3. The minimum Gasteiger partial charge on any atom is -0.447 e. The van der Waals surface area contributed by atoms with Crippen LogP contribution < -0.4 is 5.32 Å². The summed E-state index contributed by atoms with van der Waals surface area (Å²) in [4.78, 5) is 0. The molecule has 1 N–H and O–H groups in total. The Kier molecular flexibility index (Phi) is 4.62. The van der Waals surface area contributed by atoms with E-state index in [0.29, 0.717) is 18.2 Å². The molecule has 1 fully saturated rings. The van der Waals surface area contributed by atoms with E-state index in [1.165, 1.54) is 20.2 Å². The first-order valence-corrected chi connectivity index (χ1v) is 7.74. The van der Waals surface area contributed by atoms with Crippen LogP contribution in [0.5, 0.6) is 0 Å². The largest absolute Gasteiger partial charge is 0.447 e. The van der Waals surface area contributed by atoms with Crippen LogP contribution >= 0.6 is 0 Å². The van der Waals surface area contributed by atoms with Gasteiger partial charge in [0.15, 0.2) is 0 Å². The Balaban J connectivity index is 1.87. The van der Waals surface area contributed by atoms with Crippen LogP contribution in [-0.4, -0.2) is 46.6 Å². The molecule has 0 aliphatic carbocycles. The van der Waals surface area contributed by atoms with Crippen molar-refractivity contribution in [2.24, 2.45) is 5.92 Å². The highest BCUT2D eigenvalue weighted by atomic mass is 32.2. The van der Waals surface area contributed by atoms with Crippen molar-refractivity contribution in [2.75, 3.05) is 33.9 Å². The summed E-state index contributed by atoms with van der Waals surface area (Å²) >= 11 is 0. The van der Waals surface area contributed by atoms with E-state index in [-0.39, 0.29) is 5.09 Å². The highest BCUT2D eigenvalue weighted by Gasteiger charge is 2.21. The molecule has 2 heterocycles. The lowest BCUT2D eigenvalue weighted by atomic mass is 10.1. The van der Waals surface area contributed by atoms with Crippen LogP contribution in [0.1, 0.15) is 12.2 Å². The van der Waals surface area contributed by atoms with Gasteiger partial charge in [0.1, 0.15) is 5.76 Å². The molecule has 2 rings (SSSR count). The summed E-state index contributed by atoms with van der Waals surface area (Å²) in [7, 11) is -0.514. The smallest absolute Gasteiger partial charge is 0.275 e. The number of sulfonamides is 1. The second kappa shape index (κ2) is 6.04. The first-order chi connectivity index (χ1) is 9.00. The van der Waals surface area contributed by atoms with Crippen LogP contribution in [0.15, 0.2) is 21.6 Å². The quantitative estimate of drug-likeness (QED) is 0.832. The Morgan fingerprint density at radius 3 is 2.84 bits per heavy atom. The number of hydrogen-bond donors (Lipinski definition) is 1. The van der Waals surface area contributed by atoms with E-state index in [1.807, 2.05) is 0 Å². The van der Waals surface area contributed by atoms with Crippen molar-refractivity contribution in [3.8, 4) is 0 Å². The second-order valence-corrected chi connectivity index (χ2v) is 6.95. The third-order valence-corrected chi connectivity index (χ3v) is 4.82. The van der Waals surface area contributed by atoms with Gasteiger partial charge in [-0.05, 0) is 24.5 Å². The summed E-state index contributed by atoms with van der Waals surface area (Å²) < 4.78 is 35.4. The van der Waals surface area contributed by atoms with Crippen LogP contribution in [0.25, 0.3) is 0 Å². The van der Waals surface area contributed by atoms with E-state index < -0.39 is 10.0 Å². The highest BCUT2D eigenvalue weighted by molar-refractivity contribution is 7.88. The maximum absolute atomic E-state index is 11.8. The summed E-state index contributed by atoms with van der Waals surface area (Å²) in [5, 5.41) is 3.24. The topological polar surface area (TPSA) is 71.8 Å². The van der Waals surface area contributed by atoms with Gasteiger partial charge in [0.25, 0.3) is 10.0 Å². The van der Waals surface area contributed by atoms with Crippen molar-refractivity contribution in [2.45, 2.75) is 18.1 Å². The molecule has 19 heavy (non-hydrogen) atoms. The summed E-state index contributed by atoms with van der Waals surface area (Å²) in [5.41, 5.74) is 0. The number of nitrogens with zero attached hydrogens (tertiary/aromatic N) is 1. The fraction of sp³-hybridized carbons (Fsp3) is 0.667. The van der Waals surface area contributed by atoms with Crippen molar-refractivity contribution >= 4 is 10.0 Å². The zero-order chi connectivity index (χ0) is 13.9. The van der Waals surface area contributed by atoms with Crippen molar-refractivity contribution in [3.63, 3.8) is 0 Å². The number of furan rings is 1. The van der Waals surface area contributed by atoms with E-state index in [1.54, 1.807) is 6.07 Å². The van der Waals surface area contributed by atoms with E-state index in [4.69, 9.17) is 9.15 Å². The molecule has 1 aliphatic rings. The lowest BCUT2D eigenvalue weighted by Crippen LogP contribution is -2.22. The molecule has 0 bridgehead atoms. The minimum atomic E-state index is -3.48. The lowest BCUT2D eigenvalue weighted by molar-refractivity contribution is 0.185. The molecule has 7 heteroatoms. The Labute approximate surface area is 113 Å². The van der Waals surface area contributed by atoms with Crippen LogP contribution in [0, 0.1) is 5.92 Å². The second-order valence-electron chi connectivity index (χ2n) is 4.87. The fourth-order valence-corrected chi connectivity index (χ4v) is 2.73. The molecule has 0 aromatic carbocycles. The molecule has 1 aliphatic heterocycles. The van der Waals surface area contributed by atoms with Gasteiger partial charge in [-0.1, -0.05) is 0 Å². The predicted octanol–water partition coefficient (Wildman–Crippen LogP) is 0.656. The Morgan fingerprint density at radius 1 is 1.42 bits per heavy atom. The third-order valence-electron chi connectivity index (χ3n) is 3.13. The summed E-state index contributed by atoms with van der Waals surface area (Å²) in [6.07, 6.45) is 1.07. The first-order valence-electron chi connectivity index (χ1n) is 6.30. The van der Waals surface area contributed by atoms with Gasteiger partial charge in [-0.25, -0.2) is 12.7 Å². The molecular weight excluding hydrogens is 268 g/mol. The SMILES string of the molecule is CN(C)S(=O)(=O)c1ccc(CNCC2CCOC2)o1. The van der Waals surface area contributed by atoms with Crippen LogP contribution in [0.4, 0.5) is 0 Å². The number of hydrogen-bond acceptors (Lipinski definition) is 5. The Bertz CT molecular complexity index is 504. The monoisotopic (exact) mass is 288 g/mol. The molecule has 6 nitrogen and oxygen atoms in total. The third kappa shape index (κ3) is 3.56. The first kappa shape index (κ1) is 14.5. The molecule has 1 aromatic rings. The van der Waals surface area contributed by atoms with Gasteiger partial charge in [0, 0.05) is 27.2 Å². The van der Waals surface area contributed by atoms with E-state index in [2.05, 4.69) is 5.32 Å². The number of rotatable bonds is 6. The van der Waals surface area contributed by atoms with Crippen LogP contribution in [-0.2, 0) is 21.3 Å². The van der Waals surface area contributed by atoms with Crippen molar-refractivity contribution in [1.82, 2.24) is 9.62 Å². The minimum absolute atomic E-state index is 0.0153. The molecule has 1 saturated heterocycles. The molecular formula is C12H20N2O4S. The molecule has 0 amide bonds. The van der Waals surface area contributed by atoms with E-state index >= 15 is 0 Å². The van der Waals surface area contributed by atoms with Gasteiger partial charge >= 0.3 is 0 Å². The maximum Gasteiger partial charge on any atom is 0.275 e. The zero-order valence-electron chi connectivity index (χ0n) is 11.3. The molecule has 0 spiro atoms. The summed E-state index contributed by atoms with van der Waals surface area (Å²) in [6.45, 7) is 3.01. The van der Waals surface area contributed by atoms with Gasteiger partial charge in [-0.15, -0.1) is 0 Å². The molecule has 0 radical (unpaired) electrons. The Morgan fingerprint density at radius 2 is 2.21 bits per heavy atom. The Hall–Kier alpha value is -0.890. The average molecular weight is 288 g/mol. The number of nitrogens with one attached hydrogen (secondary N) is 1. The highest BCUT2D eigenvalue weighted by Crippen LogP contribution is 2.17. The van der Waals surface area contributed by atoms with Gasteiger partial charge < -0.3 is 14.5 Å². The predicted molar refractivity (Wildman–Crippen MR) is 70.2 cm³/mol. The van der Waals surface area contributed by atoms with Crippen LogP contribution in [0.2, 0.25) is 0 Å². The normalized spacial score (nSPS) is 20.3. The van der Waals surface area contributed by atoms with Crippen molar-refractivity contribution in [1.29, 1.82) is 0 Å². The maximum atomic E-state index is 11.8. The van der Waals surface area contributed by atoms with E-state index in [0.717, 1.165) is 30.5 Å². The van der Waals surface area contributed by atoms with Gasteiger partial charge in [0.2, 0.25) is 5.09 Å². The molecule has 1 atom stereocenters. The molecule has 0 saturated carbocycles. The van der Waals surface area contributed by atoms with Crippen molar-refractivity contribution < 1.29 is 17.6 Å². The van der Waals surface area contributed by atoms with Crippen molar-refractivity contribution in [3.05, 3.63) is 17.9 Å². The van der Waals surface area contributed by atoms with Crippen LogP contribution in [0.3, 0.4) is 0 Å². The molecule has 1 aromatic heterocycles. The summed E-state index contributed by atoms with van der Waals surface area (Å²) in [6, 6.07) is 3.18. The summed E-state index contributed by atoms with van der Waals surface area (Å²) in [5.74, 6) is 1.17. The fourth-order valence-electron chi connectivity index (χ4n) is 1.92. The zero-order valence-corrected chi connectivity index (χ0v) is 12.1. The molecule has 108 valence electrons. The van der Waals surface area contributed by atoms with E-state index in [9.17, 15) is 8.42 Å². The lowest BCUT2D eigenvalue weighted by Gasteiger charge is -2.09. The van der Waals surface area contributed by atoms with Gasteiger partial charge in [-0.3, -0.25) is 0 Å². The number of ether oxygens (including phenoxy) is 1. The van der Waals surface area contributed by atoms with Gasteiger partial charge in [-0.2, -0.15) is 0 Å². The van der Waals surface area contributed by atoms with Gasteiger partial charge in [0.05, 0.1) is 13.2 Å².